The number of halogens is 1. The van der Waals surface area contributed by atoms with E-state index >= 15 is 0 Å². The van der Waals surface area contributed by atoms with Gasteiger partial charge in [0.2, 0.25) is 5.91 Å². The van der Waals surface area contributed by atoms with Crippen LogP contribution in [0.3, 0.4) is 0 Å². The topological polar surface area (TPSA) is 82.3 Å². The molecule has 1 aromatic heterocycles. The average molecular weight is 390 g/mol. The molecule has 27 heavy (non-hydrogen) atoms. The first-order chi connectivity index (χ1) is 12.6. The minimum atomic E-state index is -0.352. The van der Waals surface area contributed by atoms with Crippen molar-refractivity contribution in [2.75, 3.05) is 11.4 Å². The van der Waals surface area contributed by atoms with E-state index in [0.717, 1.165) is 11.3 Å². The highest BCUT2D eigenvalue weighted by Crippen LogP contribution is 2.28. The molecule has 0 atom stereocenters. The van der Waals surface area contributed by atoms with E-state index < -0.39 is 0 Å². The molecule has 2 aromatic rings. The number of anilines is 1. The second kappa shape index (κ2) is 8.39. The first kappa shape index (κ1) is 20.7. The minimum absolute atomic E-state index is 0.103. The van der Waals surface area contributed by atoms with Gasteiger partial charge in [-0.1, -0.05) is 11.6 Å². The number of nitrogens with one attached hydrogen (secondary N) is 2. The fraction of sp³-hybridized carbons (Fsp3) is 0.350. The van der Waals surface area contributed by atoms with E-state index in [1.165, 1.54) is 6.92 Å². The summed E-state index contributed by atoms with van der Waals surface area (Å²) in [7, 11) is 0. The summed E-state index contributed by atoms with van der Waals surface area (Å²) < 4.78 is 0. The summed E-state index contributed by atoms with van der Waals surface area (Å²) in [4.78, 5) is 41.0. The van der Waals surface area contributed by atoms with Crippen LogP contribution in [0.25, 0.3) is 0 Å². The maximum atomic E-state index is 12.7. The van der Waals surface area contributed by atoms with Crippen molar-refractivity contribution < 1.29 is 9.59 Å². The molecule has 6 nitrogen and oxygen atoms in total. The molecule has 1 aromatic carbocycles. The Labute approximate surface area is 163 Å². The van der Waals surface area contributed by atoms with Crippen molar-refractivity contribution in [3.63, 3.8) is 0 Å². The highest BCUT2D eigenvalue weighted by Gasteiger charge is 2.19. The first-order valence-electron chi connectivity index (χ1n) is 8.71. The predicted octanol–water partition coefficient (Wildman–Crippen LogP) is 3.26. The van der Waals surface area contributed by atoms with Crippen LogP contribution in [-0.4, -0.2) is 23.3 Å². The molecule has 7 heteroatoms. The summed E-state index contributed by atoms with van der Waals surface area (Å²) in [6.45, 7) is 9.31. The van der Waals surface area contributed by atoms with Gasteiger partial charge in [0.05, 0.1) is 0 Å². The molecule has 0 aliphatic carbocycles. The van der Waals surface area contributed by atoms with E-state index in [-0.39, 0.29) is 23.9 Å². The smallest absolute Gasteiger partial charge is 0.253 e. The Balaban J connectivity index is 2.33. The number of hydrogen-bond donors (Lipinski definition) is 2. The number of carbonyl (C=O) groups is 2. The molecule has 0 saturated heterocycles. The van der Waals surface area contributed by atoms with Crippen molar-refractivity contribution in [1.29, 1.82) is 0 Å². The van der Waals surface area contributed by atoms with Gasteiger partial charge in [-0.15, -0.1) is 0 Å². The fourth-order valence-electron chi connectivity index (χ4n) is 3.11. The van der Waals surface area contributed by atoms with Crippen molar-refractivity contribution in [2.45, 2.75) is 41.2 Å². The number of amides is 2. The standard InChI is InChI=1S/C20H24ClN3O3/c1-6-24(14(5)25)18-9-15(21)8-16(13(18)4)19(26)22-10-17-11(2)7-12(3)23-20(17)27/h7-9H,6,10H2,1-5H3,(H,22,26)(H,23,27). The number of rotatable bonds is 5. The van der Waals surface area contributed by atoms with Crippen molar-refractivity contribution in [2.24, 2.45) is 0 Å². The van der Waals surface area contributed by atoms with Gasteiger partial charge < -0.3 is 15.2 Å². The van der Waals surface area contributed by atoms with Crippen LogP contribution in [0.1, 0.15) is 46.6 Å². The highest BCUT2D eigenvalue weighted by molar-refractivity contribution is 6.31. The number of benzene rings is 1. The number of pyridine rings is 1. The zero-order valence-corrected chi connectivity index (χ0v) is 17.0. The van der Waals surface area contributed by atoms with Crippen LogP contribution in [-0.2, 0) is 11.3 Å². The number of carbonyl (C=O) groups excluding carboxylic acids is 2. The van der Waals surface area contributed by atoms with E-state index in [2.05, 4.69) is 10.3 Å². The Morgan fingerprint density at radius 2 is 1.85 bits per heavy atom. The zero-order chi connectivity index (χ0) is 20.3. The lowest BCUT2D eigenvalue weighted by Crippen LogP contribution is -2.31. The highest BCUT2D eigenvalue weighted by atomic mass is 35.5. The van der Waals surface area contributed by atoms with Crippen molar-refractivity contribution in [1.82, 2.24) is 10.3 Å². The third-order valence-corrected chi connectivity index (χ3v) is 4.71. The van der Waals surface area contributed by atoms with Gasteiger partial charge in [0.15, 0.2) is 0 Å². The monoisotopic (exact) mass is 389 g/mol. The number of aromatic amines is 1. The molecule has 1 heterocycles. The van der Waals surface area contributed by atoms with Gasteiger partial charge in [0, 0.05) is 47.5 Å². The summed E-state index contributed by atoms with van der Waals surface area (Å²) in [5.74, 6) is -0.480. The van der Waals surface area contributed by atoms with Crippen molar-refractivity contribution in [3.8, 4) is 0 Å². The maximum Gasteiger partial charge on any atom is 0.253 e. The molecule has 0 aliphatic heterocycles. The van der Waals surface area contributed by atoms with E-state index in [9.17, 15) is 14.4 Å². The van der Waals surface area contributed by atoms with Crippen molar-refractivity contribution >= 4 is 29.1 Å². The van der Waals surface area contributed by atoms with E-state index in [0.29, 0.717) is 33.9 Å². The number of aryl methyl sites for hydroxylation is 2. The lowest BCUT2D eigenvalue weighted by molar-refractivity contribution is -0.116. The van der Waals surface area contributed by atoms with Crippen LogP contribution in [0.2, 0.25) is 5.02 Å². The van der Waals surface area contributed by atoms with E-state index in [1.807, 2.05) is 26.8 Å². The second-order valence-corrected chi connectivity index (χ2v) is 6.92. The third kappa shape index (κ3) is 4.57. The largest absolute Gasteiger partial charge is 0.348 e. The van der Waals surface area contributed by atoms with Crippen LogP contribution in [0.15, 0.2) is 23.0 Å². The van der Waals surface area contributed by atoms with Crippen molar-refractivity contribution in [3.05, 3.63) is 61.5 Å². The van der Waals surface area contributed by atoms with E-state index in [4.69, 9.17) is 11.6 Å². The number of aromatic nitrogens is 1. The molecule has 0 bridgehead atoms. The third-order valence-electron chi connectivity index (χ3n) is 4.50. The Morgan fingerprint density at radius 1 is 1.19 bits per heavy atom. The summed E-state index contributed by atoms with van der Waals surface area (Å²) in [6, 6.07) is 5.10. The Kier molecular flexibility index (Phi) is 6.44. The van der Waals surface area contributed by atoms with E-state index in [1.54, 1.807) is 24.0 Å². The Morgan fingerprint density at radius 3 is 2.41 bits per heavy atom. The molecule has 0 aliphatic rings. The van der Waals surface area contributed by atoms with Gasteiger partial charge in [-0.3, -0.25) is 14.4 Å². The SMILES string of the molecule is CCN(C(C)=O)c1cc(Cl)cc(C(=O)NCc2c(C)cc(C)[nH]c2=O)c1C. The lowest BCUT2D eigenvalue weighted by atomic mass is 10.0. The molecule has 0 fully saturated rings. The van der Waals surface area contributed by atoms with Crippen LogP contribution in [0.5, 0.6) is 0 Å². The molecule has 0 saturated carbocycles. The molecule has 0 unspecified atom stereocenters. The molecule has 2 N–H and O–H groups in total. The Bertz CT molecular complexity index is 950. The molecule has 0 spiro atoms. The quantitative estimate of drug-likeness (QED) is 0.823. The molecular formula is C20H24ClN3O3. The van der Waals surface area contributed by atoms with Gasteiger partial charge in [0.25, 0.3) is 11.5 Å². The second-order valence-electron chi connectivity index (χ2n) is 6.49. The summed E-state index contributed by atoms with van der Waals surface area (Å²) >= 11 is 6.18. The zero-order valence-electron chi connectivity index (χ0n) is 16.2. The minimum Gasteiger partial charge on any atom is -0.348 e. The number of nitrogens with zero attached hydrogens (tertiary/aromatic N) is 1. The first-order valence-corrected chi connectivity index (χ1v) is 9.09. The van der Waals surface area contributed by atoms with Crippen LogP contribution in [0, 0.1) is 20.8 Å². The molecule has 144 valence electrons. The van der Waals surface area contributed by atoms with Crippen LogP contribution >= 0.6 is 11.6 Å². The van der Waals surface area contributed by atoms with Gasteiger partial charge >= 0.3 is 0 Å². The van der Waals surface area contributed by atoms with Crippen LogP contribution < -0.4 is 15.8 Å². The normalized spacial score (nSPS) is 10.6. The average Bonchev–Trinajstić information content (AvgIpc) is 2.56. The van der Waals surface area contributed by atoms with Gasteiger partial charge in [-0.05, 0) is 57.0 Å². The van der Waals surface area contributed by atoms with Gasteiger partial charge in [-0.25, -0.2) is 0 Å². The maximum absolute atomic E-state index is 12.7. The van der Waals surface area contributed by atoms with Gasteiger partial charge in [0.1, 0.15) is 0 Å². The lowest BCUT2D eigenvalue weighted by Gasteiger charge is -2.23. The summed E-state index contributed by atoms with van der Waals surface area (Å²) in [6.07, 6.45) is 0. The predicted molar refractivity (Wildman–Crippen MR) is 108 cm³/mol. The van der Waals surface area contributed by atoms with Gasteiger partial charge in [-0.2, -0.15) is 0 Å². The van der Waals surface area contributed by atoms with Crippen LogP contribution in [0.4, 0.5) is 5.69 Å². The Hall–Kier alpha value is -2.60. The fourth-order valence-corrected chi connectivity index (χ4v) is 3.32. The number of H-pyrrole nitrogens is 1. The molecule has 2 amide bonds. The summed E-state index contributed by atoms with van der Waals surface area (Å²) in [5, 5.41) is 3.14. The molecule has 0 radical (unpaired) electrons. The molecular weight excluding hydrogens is 366 g/mol. The molecule has 2 rings (SSSR count). The summed E-state index contributed by atoms with van der Waals surface area (Å²) in [5.41, 5.74) is 3.51. The number of hydrogen-bond acceptors (Lipinski definition) is 3.